The summed E-state index contributed by atoms with van der Waals surface area (Å²) < 4.78 is 92.2. The summed E-state index contributed by atoms with van der Waals surface area (Å²) in [6, 6.07) is 2.49. The third-order valence-corrected chi connectivity index (χ3v) is 5.48. The molecule has 0 saturated carbocycles. The maximum atomic E-state index is 13.8. The van der Waals surface area contributed by atoms with Crippen LogP contribution in [0.2, 0.25) is 5.02 Å². The van der Waals surface area contributed by atoms with Gasteiger partial charge in [0.25, 0.3) is 11.5 Å². The van der Waals surface area contributed by atoms with Crippen LogP contribution in [0.25, 0.3) is 5.69 Å². The highest BCUT2D eigenvalue weighted by Gasteiger charge is 2.37. The highest BCUT2D eigenvalue weighted by atomic mass is 79.9. The number of benzene rings is 2. The summed E-state index contributed by atoms with van der Waals surface area (Å²) in [6.45, 7) is 0. The number of carbonyl (C=O) groups excluding carboxylic acids is 2. The topological polar surface area (TPSA) is 93.1 Å². The Morgan fingerprint density at radius 3 is 2.11 bits per heavy atom. The first-order valence-corrected chi connectivity index (χ1v) is 10.4. The maximum Gasteiger partial charge on any atom is 0.416 e. The van der Waals surface area contributed by atoms with Gasteiger partial charge < -0.3 is 5.32 Å². The van der Waals surface area contributed by atoms with Crippen LogP contribution in [0.4, 0.5) is 41.2 Å². The Morgan fingerprint density at radius 2 is 1.58 bits per heavy atom. The zero-order chi connectivity index (χ0) is 27.0. The summed E-state index contributed by atoms with van der Waals surface area (Å²) in [6.07, 6.45) is -9.60. The summed E-state index contributed by atoms with van der Waals surface area (Å²) in [5.41, 5.74) is -6.52. The normalized spacial score (nSPS) is 11.8. The number of halogens is 9. The van der Waals surface area contributed by atoms with Crippen LogP contribution in [0, 0.1) is 5.82 Å². The fourth-order valence-corrected chi connectivity index (χ4v) is 3.42. The minimum atomic E-state index is -5.16. The molecule has 36 heavy (non-hydrogen) atoms. The van der Waals surface area contributed by atoms with Gasteiger partial charge in [-0.25, -0.2) is 9.18 Å². The Hall–Kier alpha value is -3.46. The maximum absolute atomic E-state index is 13.8. The van der Waals surface area contributed by atoms with Crippen molar-refractivity contribution < 1.29 is 40.3 Å². The van der Waals surface area contributed by atoms with E-state index in [2.05, 4.69) is 21.0 Å². The zero-order valence-corrected chi connectivity index (χ0v) is 19.4. The number of urea groups is 1. The molecule has 190 valence electrons. The Kier molecular flexibility index (Phi) is 7.45. The van der Waals surface area contributed by atoms with Gasteiger partial charge >= 0.3 is 18.4 Å². The number of carbonyl (C=O) groups is 2. The van der Waals surface area contributed by atoms with Gasteiger partial charge in [-0.2, -0.15) is 36.1 Å². The van der Waals surface area contributed by atoms with Gasteiger partial charge in [0, 0.05) is 0 Å². The average Bonchev–Trinajstić information content (AvgIpc) is 2.75. The molecule has 0 aliphatic carbocycles. The molecule has 7 nitrogen and oxygen atoms in total. The third kappa shape index (κ3) is 5.84. The van der Waals surface area contributed by atoms with E-state index >= 15 is 0 Å². The van der Waals surface area contributed by atoms with E-state index in [0.29, 0.717) is 0 Å². The number of aromatic nitrogens is 2. The number of imide groups is 1. The monoisotopic (exact) mass is 600 g/mol. The van der Waals surface area contributed by atoms with Crippen LogP contribution in [-0.4, -0.2) is 21.7 Å². The number of hydrogen-bond donors (Lipinski definition) is 2. The molecule has 0 aliphatic heterocycles. The standard InChI is InChI=1S/C20H9BrClF7N4O3/c21-15-13(31-18(36)32-16(34)14-11(22)2-1-3-12(14)23)7-30-33(17(15)35)10-5-8(19(24,25)26)4-9(6-10)20(27,28)29/h1-7H,(H2,31,32,34,36). The van der Waals surface area contributed by atoms with Crippen LogP contribution in [0.1, 0.15) is 21.5 Å². The first-order chi connectivity index (χ1) is 16.6. The Morgan fingerprint density at radius 1 is 1.00 bits per heavy atom. The van der Waals surface area contributed by atoms with E-state index in [1.165, 1.54) is 12.1 Å². The quantitative estimate of drug-likeness (QED) is 0.372. The number of amides is 3. The molecule has 1 aromatic heterocycles. The van der Waals surface area contributed by atoms with Crippen LogP contribution in [0.15, 0.2) is 51.9 Å². The largest absolute Gasteiger partial charge is 0.416 e. The smallest absolute Gasteiger partial charge is 0.305 e. The van der Waals surface area contributed by atoms with E-state index in [1.54, 1.807) is 5.32 Å². The van der Waals surface area contributed by atoms with Gasteiger partial charge in [0.15, 0.2) is 0 Å². The second-order valence-corrected chi connectivity index (χ2v) is 8.06. The summed E-state index contributed by atoms with van der Waals surface area (Å²) >= 11 is 8.51. The van der Waals surface area contributed by atoms with Crippen LogP contribution < -0.4 is 16.2 Å². The van der Waals surface area contributed by atoms with Gasteiger partial charge in [0.1, 0.15) is 10.3 Å². The molecule has 0 bridgehead atoms. The van der Waals surface area contributed by atoms with E-state index in [0.717, 1.165) is 12.3 Å². The van der Waals surface area contributed by atoms with Crippen molar-refractivity contribution in [3.8, 4) is 5.69 Å². The van der Waals surface area contributed by atoms with Gasteiger partial charge in [-0.05, 0) is 46.3 Å². The first kappa shape index (κ1) is 27.1. The van der Waals surface area contributed by atoms with Crippen LogP contribution in [-0.2, 0) is 12.4 Å². The number of hydrogen-bond acceptors (Lipinski definition) is 4. The van der Waals surface area contributed by atoms with Crippen molar-refractivity contribution in [2.24, 2.45) is 0 Å². The minimum absolute atomic E-state index is 0.122. The Bertz CT molecular complexity index is 1370. The molecule has 3 amide bonds. The zero-order valence-electron chi connectivity index (χ0n) is 17.1. The molecule has 0 atom stereocenters. The minimum Gasteiger partial charge on any atom is -0.305 e. The number of rotatable bonds is 3. The molecule has 2 N–H and O–H groups in total. The summed E-state index contributed by atoms with van der Waals surface area (Å²) in [7, 11) is 0. The molecule has 0 fully saturated rings. The number of nitrogens with one attached hydrogen (secondary N) is 2. The van der Waals surface area contributed by atoms with E-state index in [1.807, 2.05) is 5.32 Å². The van der Waals surface area contributed by atoms with E-state index in [-0.39, 0.29) is 27.9 Å². The lowest BCUT2D eigenvalue weighted by atomic mass is 10.1. The molecule has 2 aromatic carbocycles. The van der Waals surface area contributed by atoms with Gasteiger partial charge in [-0.1, -0.05) is 17.7 Å². The Balaban J connectivity index is 1.92. The number of anilines is 1. The number of nitrogens with zero attached hydrogens (tertiary/aromatic N) is 2. The van der Waals surface area contributed by atoms with E-state index < -0.39 is 68.2 Å². The van der Waals surface area contributed by atoms with Crippen LogP contribution >= 0.6 is 27.5 Å². The SMILES string of the molecule is O=C(NC(=O)c1c(F)cccc1Cl)Nc1cnn(-c2cc(C(F)(F)F)cc(C(F)(F)F)c2)c(=O)c1Br. The highest BCUT2D eigenvalue weighted by Crippen LogP contribution is 2.37. The van der Waals surface area contributed by atoms with Crippen molar-refractivity contribution >= 4 is 45.2 Å². The molecular weight excluding hydrogens is 593 g/mol. The molecule has 1 heterocycles. The lowest BCUT2D eigenvalue weighted by Gasteiger charge is -2.15. The third-order valence-electron chi connectivity index (χ3n) is 4.40. The predicted octanol–water partition coefficient (Wildman–Crippen LogP) is 5.79. The summed E-state index contributed by atoms with van der Waals surface area (Å²) in [5, 5.41) is 6.97. The lowest BCUT2D eigenvalue weighted by molar-refractivity contribution is -0.143. The molecule has 0 unspecified atom stereocenters. The molecule has 0 saturated heterocycles. The van der Waals surface area contributed by atoms with Crippen molar-refractivity contribution in [2.45, 2.75) is 12.4 Å². The summed E-state index contributed by atoms with van der Waals surface area (Å²) in [5.74, 6) is -2.27. The van der Waals surface area contributed by atoms with Gasteiger partial charge in [-0.15, -0.1) is 0 Å². The van der Waals surface area contributed by atoms with Crippen molar-refractivity contribution in [3.63, 3.8) is 0 Å². The van der Waals surface area contributed by atoms with Gasteiger partial charge in [0.05, 0.1) is 39.3 Å². The first-order valence-electron chi connectivity index (χ1n) is 9.23. The molecular formula is C20H9BrClF7N4O3. The average molecular weight is 602 g/mol. The molecule has 16 heteroatoms. The highest BCUT2D eigenvalue weighted by molar-refractivity contribution is 9.10. The van der Waals surface area contributed by atoms with Crippen molar-refractivity contribution in [2.75, 3.05) is 5.32 Å². The van der Waals surface area contributed by atoms with Crippen molar-refractivity contribution in [1.29, 1.82) is 0 Å². The van der Waals surface area contributed by atoms with E-state index in [9.17, 15) is 45.1 Å². The summed E-state index contributed by atoms with van der Waals surface area (Å²) in [4.78, 5) is 36.9. The molecule has 3 aromatic rings. The number of alkyl halides is 6. The molecule has 3 rings (SSSR count). The molecule has 0 aliphatic rings. The predicted molar refractivity (Wildman–Crippen MR) is 115 cm³/mol. The molecule has 0 radical (unpaired) electrons. The van der Waals surface area contributed by atoms with Crippen LogP contribution in [0.5, 0.6) is 0 Å². The second-order valence-electron chi connectivity index (χ2n) is 6.86. The fourth-order valence-electron chi connectivity index (χ4n) is 2.80. The second kappa shape index (κ2) is 9.89. The van der Waals surface area contributed by atoms with Crippen molar-refractivity contribution in [1.82, 2.24) is 15.1 Å². The Labute approximate surface area is 209 Å². The lowest BCUT2D eigenvalue weighted by Crippen LogP contribution is -2.36. The molecule has 0 spiro atoms. The fraction of sp³-hybridized carbons (Fsp3) is 0.100. The van der Waals surface area contributed by atoms with Gasteiger partial charge in [-0.3, -0.25) is 14.9 Å². The van der Waals surface area contributed by atoms with Gasteiger partial charge in [0.2, 0.25) is 0 Å². The van der Waals surface area contributed by atoms with E-state index in [4.69, 9.17) is 11.6 Å². The van der Waals surface area contributed by atoms with Crippen molar-refractivity contribution in [3.05, 3.63) is 85.0 Å². The van der Waals surface area contributed by atoms with Crippen LogP contribution in [0.3, 0.4) is 0 Å².